The third-order valence-electron chi connectivity index (χ3n) is 5.44. The minimum absolute atomic E-state index is 0.0535. The van der Waals surface area contributed by atoms with E-state index in [0.717, 1.165) is 24.8 Å². The van der Waals surface area contributed by atoms with E-state index in [4.69, 9.17) is 5.41 Å². The van der Waals surface area contributed by atoms with Crippen molar-refractivity contribution in [3.05, 3.63) is 51.6 Å². The Morgan fingerprint density at radius 3 is 2.38 bits per heavy atom. The van der Waals surface area contributed by atoms with Gasteiger partial charge in [-0.15, -0.1) is 0 Å². The molecule has 0 saturated heterocycles. The second kappa shape index (κ2) is 6.43. The van der Waals surface area contributed by atoms with Crippen LogP contribution < -0.4 is 5.41 Å². The highest BCUT2D eigenvalue weighted by atomic mass is 16.6. The summed E-state index contributed by atoms with van der Waals surface area (Å²) in [6.45, 7) is 0. The van der Waals surface area contributed by atoms with Crippen molar-refractivity contribution in [2.75, 3.05) is 0 Å². The van der Waals surface area contributed by atoms with E-state index in [2.05, 4.69) is 18.2 Å². The number of nitrogens with zero attached hydrogens (tertiary/aromatic N) is 4. The van der Waals surface area contributed by atoms with Gasteiger partial charge in [0, 0.05) is 18.1 Å². The summed E-state index contributed by atoms with van der Waals surface area (Å²) in [5.41, 5.74) is -0.139. The van der Waals surface area contributed by atoms with Crippen LogP contribution in [0.5, 0.6) is 0 Å². The number of nitriles is 3. The van der Waals surface area contributed by atoms with E-state index in [9.17, 15) is 25.9 Å². The number of hydrogen-bond acceptors (Lipinski definition) is 5. The Kier molecular flexibility index (Phi) is 4.28. The molecule has 7 nitrogen and oxygen atoms in total. The van der Waals surface area contributed by atoms with E-state index < -0.39 is 22.2 Å². The van der Waals surface area contributed by atoms with Crippen LogP contribution in [0.4, 0.5) is 5.69 Å². The molecule has 2 aliphatic carbocycles. The molecule has 7 heteroatoms. The minimum Gasteiger partial charge on any atom is -0.258 e. The van der Waals surface area contributed by atoms with Crippen molar-refractivity contribution in [3.8, 4) is 18.2 Å². The Balaban J connectivity index is 2.21. The summed E-state index contributed by atoms with van der Waals surface area (Å²) in [4.78, 5) is 10.4. The van der Waals surface area contributed by atoms with Gasteiger partial charge in [-0.3, -0.25) is 15.5 Å². The van der Waals surface area contributed by atoms with Gasteiger partial charge < -0.3 is 0 Å². The lowest BCUT2D eigenvalue weighted by molar-refractivity contribution is -0.384. The predicted octanol–water partition coefficient (Wildman–Crippen LogP) is 1.79. The summed E-state index contributed by atoms with van der Waals surface area (Å²) in [6.07, 6.45) is 4.45. The van der Waals surface area contributed by atoms with Crippen LogP contribution in [0.3, 0.4) is 0 Å². The van der Waals surface area contributed by atoms with Crippen LogP contribution in [0, 0.1) is 61.4 Å². The van der Waals surface area contributed by atoms with E-state index in [1.54, 1.807) is 12.1 Å². The number of nitrogens with two attached hydrogens (primary N) is 1. The maximum atomic E-state index is 10.9. The highest BCUT2D eigenvalue weighted by molar-refractivity contribution is 5.98. The number of non-ortho nitro benzene ring substituents is 1. The highest BCUT2D eigenvalue weighted by Crippen LogP contribution is 2.54. The normalized spacial score (nSPS) is 26.4. The molecule has 1 aromatic carbocycles. The molecule has 26 heavy (non-hydrogen) atoms. The van der Waals surface area contributed by atoms with Crippen molar-refractivity contribution < 1.29 is 10.3 Å². The van der Waals surface area contributed by atoms with Gasteiger partial charge in [-0.25, -0.2) is 0 Å². The summed E-state index contributed by atoms with van der Waals surface area (Å²) < 4.78 is 0. The zero-order valence-electron chi connectivity index (χ0n) is 13.9. The minimum atomic E-state index is -1.64. The molecule has 0 amide bonds. The maximum Gasteiger partial charge on any atom is 0.269 e. The molecule has 0 heterocycles. The molecule has 2 aliphatic rings. The van der Waals surface area contributed by atoms with Gasteiger partial charge in [-0.2, -0.15) is 15.8 Å². The van der Waals surface area contributed by atoms with Gasteiger partial charge in [0.25, 0.3) is 5.69 Å². The van der Waals surface area contributed by atoms with E-state index >= 15 is 0 Å². The third-order valence-corrected chi connectivity index (χ3v) is 5.44. The van der Waals surface area contributed by atoms with Crippen LogP contribution in [-0.4, -0.2) is 10.6 Å². The summed E-state index contributed by atoms with van der Waals surface area (Å²) in [5.74, 6) is -1.48. The first-order valence-electron chi connectivity index (χ1n) is 8.29. The van der Waals surface area contributed by atoms with Crippen molar-refractivity contribution in [1.82, 2.24) is 0 Å². The van der Waals surface area contributed by atoms with E-state index in [0.29, 0.717) is 5.56 Å². The highest BCUT2D eigenvalue weighted by Gasteiger charge is 2.60. The molecule has 3 rings (SSSR count). The topological polar surface area (TPSA) is 140 Å². The molecular formula is C19H16N5O2+. The van der Waals surface area contributed by atoms with Crippen molar-refractivity contribution in [2.24, 2.45) is 17.3 Å². The number of hydrogen-bond donors (Lipinski definition) is 1. The molecule has 0 aliphatic heterocycles. The van der Waals surface area contributed by atoms with Crippen LogP contribution in [0.25, 0.3) is 0 Å². The van der Waals surface area contributed by atoms with Gasteiger partial charge >= 0.3 is 0 Å². The Hall–Kier alpha value is -3.50. The number of fused-ring (bicyclic) bond motifs is 1. The maximum absolute atomic E-state index is 10.9. The third kappa shape index (κ3) is 2.36. The molecule has 0 spiro atoms. The zero-order chi connectivity index (χ0) is 18.9. The fourth-order valence-electron chi connectivity index (χ4n) is 4.23. The SMILES string of the molecule is N#C[C@@H]1C(=[NH2+])C(C#N)(C#N)[C@H](c2ccc([N+](=O)[O-])cc2)[C@H]2CCCC=C12. The fourth-order valence-corrected chi connectivity index (χ4v) is 4.23. The average molecular weight is 346 g/mol. The predicted molar refractivity (Wildman–Crippen MR) is 91.0 cm³/mol. The number of allylic oxidation sites excluding steroid dienone is 2. The molecule has 1 saturated carbocycles. The molecule has 3 atom stereocenters. The summed E-state index contributed by atoms with van der Waals surface area (Å²) in [7, 11) is 0. The van der Waals surface area contributed by atoms with Gasteiger partial charge in [-0.1, -0.05) is 18.2 Å². The van der Waals surface area contributed by atoms with E-state index in [1.165, 1.54) is 12.1 Å². The lowest BCUT2D eigenvalue weighted by Gasteiger charge is -2.43. The number of benzene rings is 1. The van der Waals surface area contributed by atoms with E-state index in [1.807, 2.05) is 6.08 Å². The Labute approximate surface area is 150 Å². The molecule has 128 valence electrons. The largest absolute Gasteiger partial charge is 0.269 e. The second-order valence-electron chi connectivity index (χ2n) is 6.62. The standard InChI is InChI=1S/C19H15N5O2/c20-9-16-14-3-1-2-4-15(14)17(19(10-21,11-22)18(16)23)12-5-7-13(8-6-12)24(25)26/h3,5-8,15-17,23H,1-2,4H2/p+1/t15-,16-,17+/m0/s1. The van der Waals surface area contributed by atoms with Crippen molar-refractivity contribution in [3.63, 3.8) is 0 Å². The fraction of sp³-hybridized carbons (Fsp3) is 0.368. The van der Waals surface area contributed by atoms with Crippen LogP contribution in [0.1, 0.15) is 30.7 Å². The van der Waals surface area contributed by atoms with Gasteiger partial charge in [-0.05, 0) is 36.3 Å². The first-order chi connectivity index (χ1) is 12.5. The smallest absolute Gasteiger partial charge is 0.258 e. The average Bonchev–Trinajstić information content (AvgIpc) is 2.67. The molecule has 0 unspecified atom stereocenters. The van der Waals surface area contributed by atoms with Crippen LogP contribution in [0.2, 0.25) is 0 Å². The molecule has 0 radical (unpaired) electrons. The first kappa shape index (κ1) is 17.3. The second-order valence-corrected chi connectivity index (χ2v) is 6.62. The van der Waals surface area contributed by atoms with Gasteiger partial charge in [0.05, 0.1) is 23.1 Å². The summed E-state index contributed by atoms with van der Waals surface area (Å²) in [6, 6.07) is 12.2. The van der Waals surface area contributed by atoms with Gasteiger partial charge in [0.15, 0.2) is 0 Å². The molecule has 0 aromatic heterocycles. The molecular weight excluding hydrogens is 330 g/mol. The molecule has 1 aromatic rings. The molecule has 1 fully saturated rings. The van der Waals surface area contributed by atoms with E-state index in [-0.39, 0.29) is 17.3 Å². The zero-order valence-corrected chi connectivity index (χ0v) is 13.9. The van der Waals surface area contributed by atoms with Gasteiger partial charge in [0.2, 0.25) is 11.1 Å². The number of nitro benzene ring substituents is 1. The Bertz CT molecular complexity index is 913. The monoisotopic (exact) mass is 346 g/mol. The quantitative estimate of drug-likeness (QED) is 0.494. The van der Waals surface area contributed by atoms with Crippen LogP contribution in [0.15, 0.2) is 35.9 Å². The number of rotatable bonds is 2. The summed E-state index contributed by atoms with van der Waals surface area (Å²) in [5, 5.41) is 46.5. The first-order valence-corrected chi connectivity index (χ1v) is 8.29. The Morgan fingerprint density at radius 1 is 1.19 bits per heavy atom. The lowest BCUT2D eigenvalue weighted by Crippen LogP contribution is -2.60. The van der Waals surface area contributed by atoms with Crippen LogP contribution in [-0.2, 0) is 0 Å². The Morgan fingerprint density at radius 2 is 1.85 bits per heavy atom. The van der Waals surface area contributed by atoms with Crippen molar-refractivity contribution in [2.45, 2.75) is 25.2 Å². The van der Waals surface area contributed by atoms with Crippen LogP contribution >= 0.6 is 0 Å². The van der Waals surface area contributed by atoms with Crippen molar-refractivity contribution >= 4 is 11.4 Å². The lowest BCUT2D eigenvalue weighted by atomic mass is 9.53. The molecule has 0 bridgehead atoms. The number of nitro groups is 1. The van der Waals surface area contributed by atoms with Gasteiger partial charge in [0.1, 0.15) is 5.92 Å². The summed E-state index contributed by atoms with van der Waals surface area (Å²) >= 11 is 0. The van der Waals surface area contributed by atoms with Crippen molar-refractivity contribution in [1.29, 1.82) is 15.8 Å². The molecule has 2 N–H and O–H groups in total.